The van der Waals surface area contributed by atoms with Crippen LogP contribution >= 0.6 is 0 Å². The van der Waals surface area contributed by atoms with Gasteiger partial charge in [-0.25, -0.2) is 0 Å². The third kappa shape index (κ3) is 4.37. The fraction of sp³-hybridized carbons (Fsp3) is 0.583. The molecule has 0 amide bonds. The van der Waals surface area contributed by atoms with Crippen LogP contribution in [0.5, 0.6) is 0 Å². The van der Waals surface area contributed by atoms with Crippen molar-refractivity contribution in [3.63, 3.8) is 0 Å². The zero-order chi connectivity index (χ0) is 11.5. The number of aliphatic imine (C=N–C) groups is 1. The van der Waals surface area contributed by atoms with Crippen LogP contribution in [-0.2, 0) is 0 Å². The molecule has 1 aliphatic carbocycles. The lowest BCUT2D eigenvalue weighted by atomic mass is 9.66. The van der Waals surface area contributed by atoms with Gasteiger partial charge in [0.05, 0.1) is 0 Å². The first-order valence-corrected chi connectivity index (χ1v) is 5.44. The summed E-state index contributed by atoms with van der Waals surface area (Å²) in [7, 11) is 2.18. The Morgan fingerprint density at radius 1 is 1.47 bits per heavy atom. The molecule has 0 spiro atoms. The Morgan fingerprint density at radius 2 is 2.07 bits per heavy atom. The van der Waals surface area contributed by atoms with Gasteiger partial charge in [0.2, 0.25) is 0 Å². The monoisotopic (exact) mass is 203 g/mol. The van der Waals surface area contributed by atoms with Crippen molar-refractivity contribution in [3.8, 4) is 0 Å². The quantitative estimate of drug-likeness (QED) is 0.553. The summed E-state index contributed by atoms with van der Waals surface area (Å²) in [4.78, 5) is 4.52. The summed E-state index contributed by atoms with van der Waals surface area (Å²) in [6.07, 6.45) is 5.93. The lowest BCUT2D eigenvalue weighted by Gasteiger charge is -2.18. The molecule has 1 aliphatic rings. The van der Waals surface area contributed by atoms with Crippen LogP contribution in [-0.4, -0.2) is 12.9 Å². The number of hydrogen-bond acceptors (Lipinski definition) is 2. The van der Waals surface area contributed by atoms with E-state index in [0.29, 0.717) is 5.82 Å². The van der Waals surface area contributed by atoms with Crippen LogP contribution in [0, 0.1) is 5.41 Å². The van der Waals surface area contributed by atoms with Gasteiger partial charge in [0.1, 0.15) is 0 Å². The summed E-state index contributed by atoms with van der Waals surface area (Å²) in [5.41, 5.74) is 7.26. The van der Waals surface area contributed by atoms with Crippen molar-refractivity contribution >= 4 is 12.9 Å². The normalized spacial score (nSPS) is 18.2. The fourth-order valence-electron chi connectivity index (χ4n) is 1.06. The van der Waals surface area contributed by atoms with Gasteiger partial charge < -0.3 is 5.73 Å². The van der Waals surface area contributed by atoms with E-state index in [1.807, 2.05) is 6.08 Å². The standard InChI is InChI=1S/C12H20BN2/c1-9(12(2,3)4)15-11(7-8-14)13-10-5-6-10/h7-8,10H,1,5-6,14H2,2-4H3/b8-7-,15-11?. The van der Waals surface area contributed by atoms with Gasteiger partial charge in [-0.15, -0.1) is 0 Å². The van der Waals surface area contributed by atoms with Crippen LogP contribution in [0.25, 0.3) is 0 Å². The van der Waals surface area contributed by atoms with Crippen molar-refractivity contribution < 1.29 is 0 Å². The molecule has 0 unspecified atom stereocenters. The zero-order valence-electron chi connectivity index (χ0n) is 9.96. The predicted octanol–water partition coefficient (Wildman–Crippen LogP) is 2.70. The molecule has 0 aliphatic heterocycles. The molecule has 1 radical (unpaired) electrons. The van der Waals surface area contributed by atoms with Crippen molar-refractivity contribution in [1.29, 1.82) is 0 Å². The van der Waals surface area contributed by atoms with Gasteiger partial charge in [0.25, 0.3) is 0 Å². The van der Waals surface area contributed by atoms with Crippen LogP contribution in [0.1, 0.15) is 33.6 Å². The Labute approximate surface area is 93.6 Å². The Kier molecular flexibility index (Phi) is 3.78. The van der Waals surface area contributed by atoms with Crippen LogP contribution in [0.3, 0.4) is 0 Å². The largest absolute Gasteiger partial charge is 0.405 e. The van der Waals surface area contributed by atoms with E-state index in [1.54, 1.807) is 0 Å². The third-order valence-electron chi connectivity index (χ3n) is 2.43. The molecule has 15 heavy (non-hydrogen) atoms. The summed E-state index contributed by atoms with van der Waals surface area (Å²) >= 11 is 0. The number of hydrogen-bond donors (Lipinski definition) is 1. The minimum Gasteiger partial charge on any atom is -0.405 e. The summed E-state index contributed by atoms with van der Waals surface area (Å²) in [6.45, 7) is 10.3. The number of nitrogens with zero attached hydrogens (tertiary/aromatic N) is 1. The molecule has 2 nitrogen and oxygen atoms in total. The van der Waals surface area contributed by atoms with E-state index < -0.39 is 0 Å². The average Bonchev–Trinajstić information content (AvgIpc) is 2.86. The summed E-state index contributed by atoms with van der Waals surface area (Å²) < 4.78 is 0. The molecule has 0 aromatic rings. The van der Waals surface area contributed by atoms with Crippen molar-refractivity contribution in [2.24, 2.45) is 16.1 Å². The maximum atomic E-state index is 5.40. The highest BCUT2D eigenvalue weighted by Gasteiger charge is 2.24. The van der Waals surface area contributed by atoms with Crippen LogP contribution in [0.15, 0.2) is 29.5 Å². The first kappa shape index (κ1) is 12.1. The molecule has 0 bridgehead atoms. The van der Waals surface area contributed by atoms with Crippen molar-refractivity contribution in [3.05, 3.63) is 24.6 Å². The molecule has 3 heteroatoms. The Balaban J connectivity index is 2.68. The molecule has 2 N–H and O–H groups in total. The van der Waals surface area contributed by atoms with Crippen molar-refractivity contribution in [1.82, 2.24) is 0 Å². The molecule has 1 saturated carbocycles. The SMILES string of the molecule is C=C(N=C([B]C1CC1)/C=C\N)C(C)(C)C. The van der Waals surface area contributed by atoms with E-state index in [9.17, 15) is 0 Å². The predicted molar refractivity (Wildman–Crippen MR) is 68.1 cm³/mol. The molecule has 1 fully saturated rings. The van der Waals surface area contributed by atoms with E-state index >= 15 is 0 Å². The average molecular weight is 203 g/mol. The van der Waals surface area contributed by atoms with E-state index in [-0.39, 0.29) is 5.41 Å². The van der Waals surface area contributed by atoms with E-state index in [4.69, 9.17) is 5.73 Å². The van der Waals surface area contributed by atoms with Crippen molar-refractivity contribution in [2.75, 3.05) is 0 Å². The van der Waals surface area contributed by atoms with Gasteiger partial charge in [-0.3, -0.25) is 4.99 Å². The minimum absolute atomic E-state index is 0.0189. The zero-order valence-corrected chi connectivity index (χ0v) is 9.96. The first-order valence-electron chi connectivity index (χ1n) is 5.44. The van der Waals surface area contributed by atoms with Gasteiger partial charge in [-0.05, 0) is 17.9 Å². The van der Waals surface area contributed by atoms with Gasteiger partial charge in [0, 0.05) is 11.1 Å². The smallest absolute Gasteiger partial charge is 0.181 e. The molecule has 0 atom stereocenters. The fourth-order valence-corrected chi connectivity index (χ4v) is 1.06. The van der Waals surface area contributed by atoms with Crippen LogP contribution < -0.4 is 5.73 Å². The molecule has 0 saturated heterocycles. The molecule has 81 valence electrons. The van der Waals surface area contributed by atoms with Gasteiger partial charge in [0.15, 0.2) is 7.28 Å². The van der Waals surface area contributed by atoms with Gasteiger partial charge in [-0.1, -0.05) is 46.0 Å². The van der Waals surface area contributed by atoms with Gasteiger partial charge >= 0.3 is 0 Å². The summed E-state index contributed by atoms with van der Waals surface area (Å²) in [5, 5.41) is 0. The Morgan fingerprint density at radius 3 is 2.47 bits per heavy atom. The number of nitrogens with two attached hydrogens (primary N) is 1. The first-order chi connectivity index (χ1) is 6.93. The molecular formula is C12H20BN2. The summed E-state index contributed by atoms with van der Waals surface area (Å²) in [6, 6.07) is 0. The Bertz CT molecular complexity index is 293. The molecular weight excluding hydrogens is 183 g/mol. The molecule has 0 aromatic heterocycles. The highest BCUT2D eigenvalue weighted by Crippen LogP contribution is 2.35. The minimum atomic E-state index is 0.0189. The summed E-state index contributed by atoms with van der Waals surface area (Å²) in [5.74, 6) is 0.702. The van der Waals surface area contributed by atoms with Gasteiger partial charge in [-0.2, -0.15) is 0 Å². The Hall–Kier alpha value is -0.985. The van der Waals surface area contributed by atoms with E-state index in [2.05, 4.69) is 39.6 Å². The maximum absolute atomic E-state index is 5.40. The number of rotatable bonds is 4. The van der Waals surface area contributed by atoms with E-state index in [1.165, 1.54) is 19.0 Å². The lowest BCUT2D eigenvalue weighted by molar-refractivity contribution is 0.501. The molecule has 0 heterocycles. The maximum Gasteiger partial charge on any atom is 0.181 e. The second-order valence-electron chi connectivity index (χ2n) is 5.10. The lowest BCUT2D eigenvalue weighted by Crippen LogP contribution is -2.12. The highest BCUT2D eigenvalue weighted by molar-refractivity contribution is 6.79. The van der Waals surface area contributed by atoms with Crippen molar-refractivity contribution in [2.45, 2.75) is 39.4 Å². The third-order valence-corrected chi connectivity index (χ3v) is 2.43. The highest BCUT2D eigenvalue weighted by atomic mass is 14.8. The van der Waals surface area contributed by atoms with E-state index in [0.717, 1.165) is 11.3 Å². The van der Waals surface area contributed by atoms with Crippen LogP contribution in [0.2, 0.25) is 5.82 Å². The van der Waals surface area contributed by atoms with Crippen LogP contribution in [0.4, 0.5) is 0 Å². The second kappa shape index (κ2) is 4.69. The molecule has 0 aromatic carbocycles. The second-order valence-corrected chi connectivity index (χ2v) is 5.10. The topological polar surface area (TPSA) is 38.4 Å². The number of allylic oxidation sites excluding steroid dienone is 2. The molecule has 1 rings (SSSR count).